The second-order valence-electron chi connectivity index (χ2n) is 6.36. The molecular weight excluding hydrogens is 314 g/mol. The quantitative estimate of drug-likeness (QED) is 0.832. The summed E-state index contributed by atoms with van der Waals surface area (Å²) in [5.41, 5.74) is 0.887. The summed E-state index contributed by atoms with van der Waals surface area (Å²) in [7, 11) is -3.14. The molecule has 23 heavy (non-hydrogen) atoms. The molecule has 1 amide bonds. The zero-order chi connectivity index (χ0) is 16.5. The summed E-state index contributed by atoms with van der Waals surface area (Å²) in [5, 5.41) is 0. The van der Waals surface area contributed by atoms with E-state index in [1.165, 1.54) is 0 Å². The van der Waals surface area contributed by atoms with E-state index in [0.29, 0.717) is 26.1 Å². The maximum absolute atomic E-state index is 12.4. The standard InChI is InChI=1S/C16H23N3O3S/c1-2-23(21,22)18-11-7-16(8-12-18)6-3-15(20)19(16)13-14-4-9-17-10-5-14/h4-5,9-10H,2-3,6-8,11-13H2,1H3. The largest absolute Gasteiger partial charge is 0.333 e. The van der Waals surface area contributed by atoms with Gasteiger partial charge in [0.15, 0.2) is 0 Å². The number of hydrogen-bond donors (Lipinski definition) is 0. The Bertz CT molecular complexity index is 667. The highest BCUT2D eigenvalue weighted by Gasteiger charge is 2.47. The van der Waals surface area contributed by atoms with Crippen LogP contribution in [0.1, 0.15) is 38.2 Å². The van der Waals surface area contributed by atoms with E-state index in [2.05, 4.69) is 4.98 Å². The number of pyridine rings is 1. The lowest BCUT2D eigenvalue weighted by Crippen LogP contribution is -2.54. The number of piperidine rings is 1. The first-order valence-corrected chi connectivity index (χ1v) is 9.75. The van der Waals surface area contributed by atoms with Gasteiger partial charge in [-0.1, -0.05) is 0 Å². The van der Waals surface area contributed by atoms with E-state index >= 15 is 0 Å². The lowest BCUT2D eigenvalue weighted by atomic mass is 9.85. The number of carbonyl (C=O) groups is 1. The predicted octanol–water partition coefficient (Wildman–Crippen LogP) is 1.39. The number of rotatable bonds is 4. The minimum Gasteiger partial charge on any atom is -0.333 e. The lowest BCUT2D eigenvalue weighted by Gasteiger charge is -2.44. The van der Waals surface area contributed by atoms with Crippen molar-refractivity contribution in [3.63, 3.8) is 0 Å². The Morgan fingerprint density at radius 2 is 1.83 bits per heavy atom. The van der Waals surface area contributed by atoms with Gasteiger partial charge in [-0.25, -0.2) is 12.7 Å². The number of carbonyl (C=O) groups excluding carboxylic acids is 1. The number of nitrogens with zero attached hydrogens (tertiary/aromatic N) is 3. The number of hydrogen-bond acceptors (Lipinski definition) is 4. The summed E-state index contributed by atoms with van der Waals surface area (Å²) >= 11 is 0. The Labute approximate surface area is 137 Å². The van der Waals surface area contributed by atoms with Gasteiger partial charge >= 0.3 is 0 Å². The van der Waals surface area contributed by atoms with Crippen molar-refractivity contribution < 1.29 is 13.2 Å². The number of likely N-dealkylation sites (tertiary alicyclic amines) is 1. The molecule has 0 radical (unpaired) electrons. The third kappa shape index (κ3) is 3.12. The fourth-order valence-corrected chi connectivity index (χ4v) is 4.79. The summed E-state index contributed by atoms with van der Waals surface area (Å²) in [5.74, 6) is 0.313. The molecule has 1 aromatic heterocycles. The smallest absolute Gasteiger partial charge is 0.223 e. The molecule has 0 aliphatic carbocycles. The predicted molar refractivity (Wildman–Crippen MR) is 87.0 cm³/mol. The maximum Gasteiger partial charge on any atom is 0.223 e. The topological polar surface area (TPSA) is 70.6 Å². The van der Waals surface area contributed by atoms with Crippen LogP contribution < -0.4 is 0 Å². The molecule has 6 nitrogen and oxygen atoms in total. The average Bonchev–Trinajstić information content (AvgIpc) is 2.86. The van der Waals surface area contributed by atoms with E-state index in [1.54, 1.807) is 23.6 Å². The van der Waals surface area contributed by atoms with Gasteiger partial charge in [-0.15, -0.1) is 0 Å². The second-order valence-corrected chi connectivity index (χ2v) is 8.62. The second kappa shape index (κ2) is 6.20. The maximum atomic E-state index is 12.4. The van der Waals surface area contributed by atoms with Crippen LogP contribution in [0, 0.1) is 0 Å². The average molecular weight is 337 g/mol. The lowest BCUT2D eigenvalue weighted by molar-refractivity contribution is -0.133. The van der Waals surface area contributed by atoms with Gasteiger partial charge in [-0.3, -0.25) is 9.78 Å². The van der Waals surface area contributed by atoms with Gasteiger partial charge in [0.1, 0.15) is 0 Å². The number of sulfonamides is 1. The summed E-state index contributed by atoms with van der Waals surface area (Å²) in [6.07, 6.45) is 6.31. The van der Waals surface area contributed by atoms with Crippen molar-refractivity contribution in [3.8, 4) is 0 Å². The van der Waals surface area contributed by atoms with Crippen LogP contribution in [0.4, 0.5) is 0 Å². The van der Waals surface area contributed by atoms with Crippen molar-refractivity contribution in [2.24, 2.45) is 0 Å². The van der Waals surface area contributed by atoms with E-state index < -0.39 is 10.0 Å². The fraction of sp³-hybridized carbons (Fsp3) is 0.625. The van der Waals surface area contributed by atoms with E-state index in [9.17, 15) is 13.2 Å². The minimum absolute atomic E-state index is 0.139. The van der Waals surface area contributed by atoms with E-state index in [-0.39, 0.29) is 17.2 Å². The zero-order valence-corrected chi connectivity index (χ0v) is 14.3. The van der Waals surface area contributed by atoms with Crippen LogP contribution in [0.5, 0.6) is 0 Å². The van der Waals surface area contributed by atoms with Gasteiger partial charge in [0, 0.05) is 44.0 Å². The highest BCUT2D eigenvalue weighted by atomic mass is 32.2. The molecule has 0 unspecified atom stereocenters. The Morgan fingerprint density at radius 1 is 1.17 bits per heavy atom. The number of aromatic nitrogens is 1. The molecule has 2 saturated heterocycles. The highest BCUT2D eigenvalue weighted by molar-refractivity contribution is 7.89. The van der Waals surface area contributed by atoms with Crippen LogP contribution in [-0.2, 0) is 21.4 Å². The Kier molecular flexibility index (Phi) is 4.42. The molecule has 3 heterocycles. The third-order valence-corrected chi connectivity index (χ3v) is 7.06. The van der Waals surface area contributed by atoms with Crippen molar-refractivity contribution >= 4 is 15.9 Å². The summed E-state index contributed by atoms with van der Waals surface area (Å²) in [4.78, 5) is 18.3. The van der Waals surface area contributed by atoms with Crippen LogP contribution >= 0.6 is 0 Å². The molecular formula is C16H23N3O3S. The molecule has 3 rings (SSSR count). The molecule has 0 bridgehead atoms. The zero-order valence-electron chi connectivity index (χ0n) is 13.4. The fourth-order valence-electron chi connectivity index (χ4n) is 3.68. The molecule has 2 aliphatic heterocycles. The molecule has 0 saturated carbocycles. The Balaban J connectivity index is 1.75. The van der Waals surface area contributed by atoms with E-state index in [4.69, 9.17) is 0 Å². The molecule has 7 heteroatoms. The van der Waals surface area contributed by atoms with Crippen molar-refractivity contribution in [2.45, 2.75) is 44.7 Å². The van der Waals surface area contributed by atoms with Crippen LogP contribution in [-0.4, -0.2) is 52.9 Å². The highest BCUT2D eigenvalue weighted by Crippen LogP contribution is 2.40. The van der Waals surface area contributed by atoms with Gasteiger partial charge in [-0.05, 0) is 43.9 Å². The van der Waals surface area contributed by atoms with E-state index in [1.807, 2.05) is 17.0 Å². The first-order valence-electron chi connectivity index (χ1n) is 8.14. The molecule has 0 N–H and O–H groups in total. The van der Waals surface area contributed by atoms with Crippen LogP contribution in [0.25, 0.3) is 0 Å². The van der Waals surface area contributed by atoms with Crippen molar-refractivity contribution in [3.05, 3.63) is 30.1 Å². The molecule has 0 aromatic carbocycles. The van der Waals surface area contributed by atoms with Gasteiger partial charge in [0.2, 0.25) is 15.9 Å². The molecule has 1 aromatic rings. The molecule has 0 atom stereocenters. The van der Waals surface area contributed by atoms with Crippen molar-refractivity contribution in [1.82, 2.24) is 14.2 Å². The van der Waals surface area contributed by atoms with Gasteiger partial charge < -0.3 is 4.90 Å². The number of amides is 1. The summed E-state index contributed by atoms with van der Waals surface area (Å²) in [6, 6.07) is 3.85. The molecule has 2 fully saturated rings. The van der Waals surface area contributed by atoms with Crippen LogP contribution in [0.15, 0.2) is 24.5 Å². The SMILES string of the molecule is CCS(=O)(=O)N1CCC2(CCC(=O)N2Cc2ccncc2)CC1. The van der Waals surface area contributed by atoms with Crippen molar-refractivity contribution in [2.75, 3.05) is 18.8 Å². The first kappa shape index (κ1) is 16.4. The summed E-state index contributed by atoms with van der Waals surface area (Å²) in [6.45, 7) is 3.28. The van der Waals surface area contributed by atoms with Crippen LogP contribution in [0.2, 0.25) is 0 Å². The third-order valence-electron chi connectivity index (χ3n) is 5.18. The van der Waals surface area contributed by atoms with E-state index in [0.717, 1.165) is 24.8 Å². The first-order chi connectivity index (χ1) is 11.0. The van der Waals surface area contributed by atoms with Gasteiger partial charge in [0.05, 0.1) is 5.75 Å². The van der Waals surface area contributed by atoms with Gasteiger partial charge in [-0.2, -0.15) is 0 Å². The van der Waals surface area contributed by atoms with Gasteiger partial charge in [0.25, 0.3) is 0 Å². The van der Waals surface area contributed by atoms with Crippen LogP contribution in [0.3, 0.4) is 0 Å². The minimum atomic E-state index is -3.14. The Morgan fingerprint density at radius 3 is 2.43 bits per heavy atom. The normalized spacial score (nSPS) is 22.0. The molecule has 2 aliphatic rings. The Hall–Kier alpha value is -1.47. The molecule has 1 spiro atoms. The molecule has 126 valence electrons. The monoisotopic (exact) mass is 337 g/mol. The summed E-state index contributed by atoms with van der Waals surface area (Å²) < 4.78 is 25.6. The van der Waals surface area contributed by atoms with Crippen molar-refractivity contribution in [1.29, 1.82) is 0 Å².